The molecule has 4 nitrogen and oxygen atoms in total. The highest BCUT2D eigenvalue weighted by Gasteiger charge is 2.18. The van der Waals surface area contributed by atoms with Crippen LogP contribution in [0, 0.1) is 0 Å². The van der Waals surface area contributed by atoms with Gasteiger partial charge in [-0.15, -0.1) is 0 Å². The summed E-state index contributed by atoms with van der Waals surface area (Å²) in [7, 11) is 0. The fourth-order valence-corrected chi connectivity index (χ4v) is 5.22. The van der Waals surface area contributed by atoms with E-state index in [1.54, 1.807) is 6.66 Å². The molecule has 1 unspecified atom stereocenters. The van der Waals surface area contributed by atoms with E-state index in [0.717, 1.165) is 23.3 Å². The fourth-order valence-electron chi connectivity index (χ4n) is 1.93. The van der Waals surface area contributed by atoms with Crippen molar-refractivity contribution >= 4 is 23.8 Å². The van der Waals surface area contributed by atoms with Crippen molar-refractivity contribution in [1.82, 2.24) is 5.32 Å². The van der Waals surface area contributed by atoms with Crippen molar-refractivity contribution < 1.29 is 14.1 Å². The maximum absolute atomic E-state index is 12.5. The highest BCUT2D eigenvalue weighted by Crippen LogP contribution is 2.57. The summed E-state index contributed by atoms with van der Waals surface area (Å²) >= 11 is 1.30. The zero-order valence-corrected chi connectivity index (χ0v) is 14.2. The van der Waals surface area contributed by atoms with E-state index in [1.165, 1.54) is 11.4 Å². The molecule has 0 saturated carbocycles. The van der Waals surface area contributed by atoms with Gasteiger partial charge in [0.2, 0.25) is 0 Å². The van der Waals surface area contributed by atoms with E-state index in [2.05, 4.69) is 11.4 Å². The van der Waals surface area contributed by atoms with Gasteiger partial charge >= 0.3 is 6.09 Å². The number of amides is 1. The lowest BCUT2D eigenvalue weighted by atomic mass is 10.1. The quantitative estimate of drug-likeness (QED) is 0.768. The van der Waals surface area contributed by atoms with E-state index in [0.29, 0.717) is 0 Å². The molecule has 0 aliphatic heterocycles. The second kappa shape index (κ2) is 8.25. The third kappa shape index (κ3) is 6.12. The van der Waals surface area contributed by atoms with Gasteiger partial charge in [0.1, 0.15) is 6.61 Å². The molecule has 0 heterocycles. The summed E-state index contributed by atoms with van der Waals surface area (Å²) in [6, 6.07) is 9.52. The molecule has 1 atom stereocenters. The number of rotatable bonds is 6. The number of allylic oxidation sites excluding steroid dienone is 3. The molecule has 0 radical (unpaired) electrons. The summed E-state index contributed by atoms with van der Waals surface area (Å²) in [4.78, 5) is 12.6. The molecule has 2 rings (SSSR count). The molecular weight excluding hydrogens is 317 g/mol. The van der Waals surface area contributed by atoms with Crippen LogP contribution in [-0.4, -0.2) is 25.7 Å². The molecule has 0 saturated heterocycles. The SMILES string of the molecule is CP(=O)(CNC(=O)OCC1=CC=CCC1)Sc1ccccc1. The second-order valence-corrected chi connectivity index (χ2v) is 11.0. The Hall–Kier alpha value is -1.45. The van der Waals surface area contributed by atoms with E-state index in [9.17, 15) is 9.36 Å². The summed E-state index contributed by atoms with van der Waals surface area (Å²) in [6.45, 7) is 1.95. The predicted octanol–water partition coefficient (Wildman–Crippen LogP) is 4.65. The van der Waals surface area contributed by atoms with Crippen LogP contribution in [0.15, 0.2) is 59.0 Å². The summed E-state index contributed by atoms with van der Waals surface area (Å²) in [6.07, 6.45) is 4.96. The van der Waals surface area contributed by atoms with E-state index >= 15 is 0 Å². The van der Waals surface area contributed by atoms with Gasteiger partial charge in [-0.2, -0.15) is 0 Å². The summed E-state index contributed by atoms with van der Waals surface area (Å²) in [5.41, 5.74) is 1.09. The van der Waals surface area contributed by atoms with Crippen LogP contribution in [-0.2, 0) is 9.30 Å². The molecule has 1 aromatic carbocycles. The Morgan fingerprint density at radius 3 is 2.82 bits per heavy atom. The van der Waals surface area contributed by atoms with Crippen molar-refractivity contribution in [2.75, 3.05) is 19.6 Å². The first-order valence-electron chi connectivity index (χ1n) is 7.11. The minimum absolute atomic E-state index is 0.115. The highest BCUT2D eigenvalue weighted by atomic mass is 32.7. The monoisotopic (exact) mass is 337 g/mol. The lowest BCUT2D eigenvalue weighted by Gasteiger charge is -2.14. The first-order valence-corrected chi connectivity index (χ1v) is 10.9. The maximum atomic E-state index is 12.5. The Bertz CT molecular complexity index is 613. The molecule has 1 amide bonds. The van der Waals surface area contributed by atoms with Crippen molar-refractivity contribution in [3.8, 4) is 0 Å². The lowest BCUT2D eigenvalue weighted by molar-refractivity contribution is 0.156. The summed E-state index contributed by atoms with van der Waals surface area (Å²) < 4.78 is 17.6. The molecule has 118 valence electrons. The average molecular weight is 337 g/mol. The zero-order chi connectivity index (χ0) is 15.8. The molecule has 1 aromatic rings. The van der Waals surface area contributed by atoms with Gasteiger partial charge in [0.25, 0.3) is 0 Å². The number of hydrogen-bond donors (Lipinski definition) is 1. The molecule has 1 aliphatic carbocycles. The normalized spacial score (nSPS) is 16.5. The van der Waals surface area contributed by atoms with Crippen LogP contribution in [0.1, 0.15) is 12.8 Å². The van der Waals surface area contributed by atoms with Crippen molar-refractivity contribution in [2.45, 2.75) is 17.7 Å². The molecule has 0 bridgehead atoms. The van der Waals surface area contributed by atoms with Crippen molar-refractivity contribution in [2.24, 2.45) is 0 Å². The molecule has 1 aliphatic rings. The Morgan fingerprint density at radius 1 is 1.36 bits per heavy atom. The minimum atomic E-state index is -2.55. The molecule has 1 N–H and O–H groups in total. The minimum Gasteiger partial charge on any atom is -0.445 e. The number of benzene rings is 1. The Labute approximate surface area is 135 Å². The molecular formula is C16H20NO3PS. The van der Waals surface area contributed by atoms with Gasteiger partial charge in [-0.3, -0.25) is 0 Å². The third-order valence-electron chi connectivity index (χ3n) is 3.04. The van der Waals surface area contributed by atoms with E-state index in [4.69, 9.17) is 4.74 Å². The summed E-state index contributed by atoms with van der Waals surface area (Å²) in [5.74, 6) is 0. The number of alkyl carbamates (subject to hydrolysis) is 1. The Morgan fingerprint density at radius 2 is 2.14 bits per heavy atom. The van der Waals surface area contributed by atoms with Gasteiger partial charge in [0.15, 0.2) is 6.34 Å². The van der Waals surface area contributed by atoms with Gasteiger partial charge in [0, 0.05) is 11.6 Å². The first-order chi connectivity index (χ1) is 10.6. The number of carbonyl (C=O) groups excluding carboxylic acids is 1. The number of hydrogen-bond acceptors (Lipinski definition) is 4. The average Bonchev–Trinajstić information content (AvgIpc) is 2.53. The largest absolute Gasteiger partial charge is 0.445 e. The number of carbonyl (C=O) groups is 1. The zero-order valence-electron chi connectivity index (χ0n) is 12.5. The highest BCUT2D eigenvalue weighted by molar-refractivity contribution is 8.57. The Balaban J connectivity index is 1.74. The number of nitrogens with one attached hydrogen (secondary N) is 1. The van der Waals surface area contributed by atoms with Crippen molar-refractivity contribution in [1.29, 1.82) is 0 Å². The first kappa shape index (κ1) is 16.9. The van der Waals surface area contributed by atoms with Crippen LogP contribution >= 0.6 is 17.7 Å². The molecule has 0 fully saturated rings. The van der Waals surface area contributed by atoms with Crippen LogP contribution in [0.25, 0.3) is 0 Å². The topological polar surface area (TPSA) is 55.4 Å². The van der Waals surface area contributed by atoms with Crippen LogP contribution < -0.4 is 5.32 Å². The Kier molecular flexibility index (Phi) is 6.34. The molecule has 22 heavy (non-hydrogen) atoms. The standard InChI is InChI=1S/C16H20NO3PS/c1-21(19,22-15-10-6-3-7-11-15)13-17-16(18)20-12-14-8-4-2-5-9-14/h2-4,6-8,10-11H,5,9,12-13H2,1H3,(H,17,18). The van der Waals surface area contributed by atoms with Gasteiger partial charge in [0.05, 0.1) is 6.29 Å². The van der Waals surface area contributed by atoms with E-state index < -0.39 is 12.4 Å². The summed E-state index contributed by atoms with van der Waals surface area (Å²) in [5, 5.41) is 2.59. The maximum Gasteiger partial charge on any atom is 0.407 e. The lowest BCUT2D eigenvalue weighted by Crippen LogP contribution is -2.25. The molecule has 0 aromatic heterocycles. The number of ether oxygens (including phenoxy) is 1. The van der Waals surface area contributed by atoms with Crippen LogP contribution in [0.4, 0.5) is 4.79 Å². The van der Waals surface area contributed by atoms with Crippen LogP contribution in [0.3, 0.4) is 0 Å². The van der Waals surface area contributed by atoms with Crippen LogP contribution in [0.5, 0.6) is 0 Å². The van der Waals surface area contributed by atoms with Gasteiger partial charge in [-0.05, 0) is 30.5 Å². The second-order valence-electron chi connectivity index (χ2n) is 5.12. The van der Waals surface area contributed by atoms with Crippen molar-refractivity contribution in [3.05, 3.63) is 54.1 Å². The van der Waals surface area contributed by atoms with E-state index in [1.807, 2.05) is 42.5 Å². The molecule has 6 heteroatoms. The predicted molar refractivity (Wildman–Crippen MR) is 91.6 cm³/mol. The fraction of sp³-hybridized carbons (Fsp3) is 0.312. The van der Waals surface area contributed by atoms with Crippen LogP contribution in [0.2, 0.25) is 0 Å². The van der Waals surface area contributed by atoms with E-state index in [-0.39, 0.29) is 12.9 Å². The molecule has 0 spiro atoms. The van der Waals surface area contributed by atoms with Gasteiger partial charge in [-0.25, -0.2) is 4.79 Å². The third-order valence-corrected chi connectivity index (χ3v) is 6.82. The van der Waals surface area contributed by atoms with Crippen molar-refractivity contribution in [3.63, 3.8) is 0 Å². The van der Waals surface area contributed by atoms with Gasteiger partial charge < -0.3 is 14.6 Å². The smallest absolute Gasteiger partial charge is 0.407 e. The van der Waals surface area contributed by atoms with Gasteiger partial charge in [-0.1, -0.05) is 47.8 Å².